The zero-order valence-electron chi connectivity index (χ0n) is 30.8. The lowest BCUT2D eigenvalue weighted by Crippen LogP contribution is -2.19. The summed E-state index contributed by atoms with van der Waals surface area (Å²) in [7, 11) is -4.64. The van der Waals surface area contributed by atoms with Crippen LogP contribution in [0.25, 0.3) is 0 Å². The molecule has 0 saturated heterocycles. The molecule has 8 heteroatoms. The van der Waals surface area contributed by atoms with Crippen molar-refractivity contribution < 1.29 is 33.6 Å². The van der Waals surface area contributed by atoms with Crippen molar-refractivity contribution >= 4 is 19.7 Å². The van der Waals surface area contributed by atoms with Crippen molar-refractivity contribution in [2.45, 2.75) is 206 Å². The molecular weight excluding hydrogens is 623 g/mol. The highest BCUT2D eigenvalue weighted by molar-refractivity contribution is 7.45. The summed E-state index contributed by atoms with van der Waals surface area (Å²) in [5.41, 5.74) is 0. The molecule has 2 unspecified atom stereocenters. The number of unbranched alkanes of at least 4 members (excludes halogenated alkanes) is 22. The number of allylic oxidation sites excluding steroid dienone is 4. The van der Waals surface area contributed by atoms with Gasteiger partial charge in [-0.1, -0.05) is 154 Å². The lowest BCUT2D eigenvalue weighted by atomic mass is 10.0. The fourth-order valence-electron chi connectivity index (χ4n) is 5.59. The highest BCUT2D eigenvalue weighted by Crippen LogP contribution is 2.26. The van der Waals surface area contributed by atoms with Gasteiger partial charge in [0.25, 0.3) is 0 Å². The molecular formula is C40H73O7P. The highest BCUT2D eigenvalue weighted by Gasteiger charge is 2.13. The van der Waals surface area contributed by atoms with Gasteiger partial charge < -0.3 is 19.4 Å². The molecule has 2 atom stereocenters. The number of carbonyl (C=O) groups excluding carboxylic acids is 2. The second kappa shape index (κ2) is 39.9. The zero-order chi connectivity index (χ0) is 35.8. The SMILES string of the molecule is CCCCCCCC/C=C\CCCCCCCC(C=C=O)OC(C=C=O)CCCCCCC/C=C\CCCCCCCC.O=P(O)(O)O. The van der Waals surface area contributed by atoms with E-state index in [4.69, 9.17) is 24.0 Å². The number of hydrogen-bond acceptors (Lipinski definition) is 4. The summed E-state index contributed by atoms with van der Waals surface area (Å²) < 4.78 is 15.0. The van der Waals surface area contributed by atoms with Crippen LogP contribution in [0.2, 0.25) is 0 Å². The van der Waals surface area contributed by atoms with E-state index in [2.05, 4.69) is 38.2 Å². The number of phosphoric acid groups is 1. The van der Waals surface area contributed by atoms with E-state index in [1.807, 2.05) is 11.9 Å². The average Bonchev–Trinajstić information content (AvgIpc) is 3.04. The van der Waals surface area contributed by atoms with Crippen LogP contribution in [0.1, 0.15) is 194 Å². The Kier molecular flexibility index (Phi) is 40.4. The Labute approximate surface area is 295 Å². The van der Waals surface area contributed by atoms with Crippen molar-refractivity contribution in [3.05, 3.63) is 36.5 Å². The summed E-state index contributed by atoms with van der Waals surface area (Å²) in [4.78, 5) is 43.7. The second-order valence-corrected chi connectivity index (χ2v) is 14.1. The predicted octanol–water partition coefficient (Wildman–Crippen LogP) is 11.7. The van der Waals surface area contributed by atoms with Crippen LogP contribution in [0.3, 0.4) is 0 Å². The summed E-state index contributed by atoms with van der Waals surface area (Å²) in [6.07, 6.45) is 46.6. The first-order valence-corrected chi connectivity index (χ1v) is 21.0. The maximum absolute atomic E-state index is 11.1. The van der Waals surface area contributed by atoms with Crippen molar-refractivity contribution in [2.75, 3.05) is 0 Å². The Balaban J connectivity index is 0. The molecule has 48 heavy (non-hydrogen) atoms. The van der Waals surface area contributed by atoms with Gasteiger partial charge in [0.15, 0.2) is 0 Å². The summed E-state index contributed by atoms with van der Waals surface area (Å²) in [6, 6.07) is 0. The number of ether oxygens (including phenoxy) is 1. The molecule has 0 spiro atoms. The monoisotopic (exact) mass is 697 g/mol. The van der Waals surface area contributed by atoms with Gasteiger partial charge in [0.2, 0.25) is 0 Å². The minimum absolute atomic E-state index is 0.264. The van der Waals surface area contributed by atoms with E-state index in [1.165, 1.54) is 153 Å². The van der Waals surface area contributed by atoms with E-state index >= 15 is 0 Å². The summed E-state index contributed by atoms with van der Waals surface area (Å²) in [5.74, 6) is 3.83. The lowest BCUT2D eigenvalue weighted by molar-refractivity contribution is 0.0306. The van der Waals surface area contributed by atoms with E-state index in [-0.39, 0.29) is 12.2 Å². The normalized spacial score (nSPS) is 12.8. The molecule has 0 aromatic rings. The van der Waals surface area contributed by atoms with Crippen LogP contribution in [0.5, 0.6) is 0 Å². The first-order valence-electron chi connectivity index (χ1n) is 19.4. The Hall–Kier alpha value is -1.55. The van der Waals surface area contributed by atoms with Gasteiger partial charge in [-0.3, -0.25) is 0 Å². The van der Waals surface area contributed by atoms with Crippen LogP contribution < -0.4 is 0 Å². The minimum atomic E-state index is -4.64. The molecule has 280 valence electrons. The molecule has 0 aromatic carbocycles. The fraction of sp³-hybridized carbons (Fsp3) is 0.800. The molecule has 0 radical (unpaired) electrons. The van der Waals surface area contributed by atoms with Crippen molar-refractivity contribution in [1.82, 2.24) is 0 Å². The quantitative estimate of drug-likeness (QED) is 0.0265. The van der Waals surface area contributed by atoms with Gasteiger partial charge in [-0.25, -0.2) is 14.2 Å². The van der Waals surface area contributed by atoms with Crippen molar-refractivity contribution in [3.63, 3.8) is 0 Å². The van der Waals surface area contributed by atoms with Crippen LogP contribution in [0.4, 0.5) is 0 Å². The molecule has 0 fully saturated rings. The number of hydrogen-bond donors (Lipinski definition) is 3. The largest absolute Gasteiger partial charge is 0.466 e. The third-order valence-electron chi connectivity index (χ3n) is 8.36. The molecule has 0 heterocycles. The zero-order valence-corrected chi connectivity index (χ0v) is 31.7. The maximum Gasteiger partial charge on any atom is 0.466 e. The Morgan fingerprint density at radius 2 is 0.729 bits per heavy atom. The van der Waals surface area contributed by atoms with Crippen LogP contribution in [0, 0.1) is 0 Å². The lowest BCUT2D eigenvalue weighted by Gasteiger charge is -2.19. The topological polar surface area (TPSA) is 121 Å². The molecule has 7 nitrogen and oxygen atoms in total. The molecule has 0 bridgehead atoms. The Morgan fingerprint density at radius 3 is 1.00 bits per heavy atom. The fourth-order valence-corrected chi connectivity index (χ4v) is 5.59. The van der Waals surface area contributed by atoms with E-state index in [0.717, 1.165) is 38.5 Å². The second-order valence-electron chi connectivity index (χ2n) is 13.0. The van der Waals surface area contributed by atoms with Gasteiger partial charge in [0.05, 0.1) is 12.2 Å². The first-order chi connectivity index (χ1) is 23.3. The van der Waals surface area contributed by atoms with E-state index < -0.39 is 7.82 Å². The van der Waals surface area contributed by atoms with E-state index in [0.29, 0.717) is 0 Å². The van der Waals surface area contributed by atoms with Crippen molar-refractivity contribution in [1.29, 1.82) is 0 Å². The van der Waals surface area contributed by atoms with Crippen LogP contribution >= 0.6 is 7.82 Å². The summed E-state index contributed by atoms with van der Waals surface area (Å²) in [6.45, 7) is 4.54. The predicted molar refractivity (Wildman–Crippen MR) is 202 cm³/mol. The molecule has 0 rings (SSSR count). The smallest absolute Gasteiger partial charge is 0.365 e. The molecule has 0 aliphatic carbocycles. The molecule has 0 aliphatic rings. The maximum atomic E-state index is 11.1. The van der Waals surface area contributed by atoms with Gasteiger partial charge in [-0.2, -0.15) is 0 Å². The molecule has 0 saturated carbocycles. The van der Waals surface area contributed by atoms with Gasteiger partial charge in [0, 0.05) is 12.2 Å². The Bertz CT molecular complexity index is 801. The molecule has 3 N–H and O–H groups in total. The summed E-state index contributed by atoms with van der Waals surface area (Å²) in [5, 5.41) is 0. The van der Waals surface area contributed by atoms with Crippen molar-refractivity contribution in [2.24, 2.45) is 0 Å². The van der Waals surface area contributed by atoms with E-state index in [1.54, 1.807) is 0 Å². The third kappa shape index (κ3) is 46.6. The van der Waals surface area contributed by atoms with E-state index in [9.17, 15) is 9.59 Å². The standard InChI is InChI=1S/C40H70O3.H3O4P/c1-3-5-7-9-11-13-15-17-19-21-23-25-27-29-31-33-39(35-37-41)43-40(36-38-42)34-32-30-28-26-24-22-20-18-16-14-12-10-8-6-4-2;1-5(2,3)4/h17-20,35-36,39-40H,3-16,21-34H2,1-2H3;(H3,1,2,3,4)/b19-17-,20-18-;. The molecule has 0 aromatic heterocycles. The van der Waals surface area contributed by atoms with Gasteiger partial charge >= 0.3 is 7.82 Å². The Morgan fingerprint density at radius 1 is 0.479 bits per heavy atom. The van der Waals surface area contributed by atoms with Gasteiger partial charge in [-0.15, -0.1) is 0 Å². The minimum Gasteiger partial charge on any atom is -0.365 e. The first kappa shape index (κ1) is 48.6. The third-order valence-corrected chi connectivity index (χ3v) is 8.36. The van der Waals surface area contributed by atoms with Crippen LogP contribution in [0.15, 0.2) is 36.5 Å². The highest BCUT2D eigenvalue weighted by atomic mass is 31.2. The molecule has 0 amide bonds. The molecule has 0 aliphatic heterocycles. The van der Waals surface area contributed by atoms with Crippen LogP contribution in [-0.4, -0.2) is 38.8 Å². The van der Waals surface area contributed by atoms with Crippen molar-refractivity contribution in [3.8, 4) is 0 Å². The van der Waals surface area contributed by atoms with Gasteiger partial charge in [-0.05, 0) is 64.2 Å². The number of rotatable bonds is 34. The average molecular weight is 697 g/mol. The summed E-state index contributed by atoms with van der Waals surface area (Å²) >= 11 is 0. The van der Waals surface area contributed by atoms with Gasteiger partial charge in [0.1, 0.15) is 11.9 Å². The van der Waals surface area contributed by atoms with Crippen LogP contribution in [-0.2, 0) is 18.9 Å².